The predicted molar refractivity (Wildman–Crippen MR) is 91.1 cm³/mol. The molecule has 2 aromatic rings. The highest BCUT2D eigenvalue weighted by molar-refractivity contribution is 7.16. The molecule has 118 valence electrons. The molecule has 1 aliphatic rings. The number of ether oxygens (including phenoxy) is 2. The number of benzene rings is 1. The molecule has 0 saturated heterocycles. The Morgan fingerprint density at radius 1 is 1.18 bits per heavy atom. The highest BCUT2D eigenvalue weighted by Gasteiger charge is 2.24. The number of hydrogen-bond acceptors (Lipinski definition) is 4. The highest BCUT2D eigenvalue weighted by Crippen LogP contribution is 2.43. The molecular weight excluding hydrogens is 318 g/mol. The number of nitrogens with zero attached hydrogens (tertiary/aromatic N) is 1. The van der Waals surface area contributed by atoms with E-state index in [1.165, 1.54) is 30.6 Å². The van der Waals surface area contributed by atoms with Crippen LogP contribution in [0, 0.1) is 0 Å². The van der Waals surface area contributed by atoms with Crippen LogP contribution in [0.4, 0.5) is 0 Å². The van der Waals surface area contributed by atoms with Crippen LogP contribution in [0.15, 0.2) is 24.3 Å². The number of aromatic nitrogens is 1. The molecule has 3 rings (SSSR count). The smallest absolute Gasteiger partial charge is 0.184 e. The molecule has 1 saturated carbocycles. The zero-order valence-electron chi connectivity index (χ0n) is 12.7. The fourth-order valence-electron chi connectivity index (χ4n) is 2.93. The third-order valence-electron chi connectivity index (χ3n) is 4.04. The molecule has 0 amide bonds. The minimum Gasteiger partial charge on any atom is -0.491 e. The van der Waals surface area contributed by atoms with Gasteiger partial charge in [-0.15, -0.1) is 11.3 Å². The first-order chi connectivity index (χ1) is 10.8. The van der Waals surface area contributed by atoms with Crippen molar-refractivity contribution in [2.45, 2.75) is 31.6 Å². The van der Waals surface area contributed by atoms with Crippen LogP contribution >= 0.6 is 22.9 Å². The lowest BCUT2D eigenvalue weighted by molar-refractivity contribution is 0.146. The minimum absolute atomic E-state index is 0.561. The average Bonchev–Trinajstić information content (AvgIpc) is 3.17. The number of methoxy groups -OCH3 is 1. The summed E-state index contributed by atoms with van der Waals surface area (Å²) in [4.78, 5) is 5.90. The van der Waals surface area contributed by atoms with Gasteiger partial charge in [0.1, 0.15) is 12.4 Å². The maximum Gasteiger partial charge on any atom is 0.184 e. The maximum atomic E-state index is 6.18. The molecule has 0 atom stereocenters. The molecule has 22 heavy (non-hydrogen) atoms. The Morgan fingerprint density at radius 2 is 1.91 bits per heavy atom. The number of rotatable bonds is 6. The van der Waals surface area contributed by atoms with E-state index in [4.69, 9.17) is 21.1 Å². The first-order valence-electron chi connectivity index (χ1n) is 7.66. The molecule has 5 heteroatoms. The van der Waals surface area contributed by atoms with Crippen LogP contribution in [-0.2, 0) is 4.74 Å². The molecule has 0 N–H and O–H groups in total. The van der Waals surface area contributed by atoms with E-state index in [1.54, 1.807) is 18.4 Å². The maximum absolute atomic E-state index is 6.18. The molecule has 0 unspecified atom stereocenters. The fourth-order valence-corrected chi connectivity index (χ4v) is 4.24. The first kappa shape index (κ1) is 15.8. The van der Waals surface area contributed by atoms with Crippen LogP contribution in [0.3, 0.4) is 0 Å². The Labute approximate surface area is 140 Å². The van der Waals surface area contributed by atoms with Crippen molar-refractivity contribution in [1.82, 2.24) is 4.98 Å². The summed E-state index contributed by atoms with van der Waals surface area (Å²) in [6.45, 7) is 1.15. The van der Waals surface area contributed by atoms with Crippen LogP contribution in [0.5, 0.6) is 5.75 Å². The Hall–Kier alpha value is -1.10. The fraction of sp³-hybridized carbons (Fsp3) is 0.471. The van der Waals surface area contributed by atoms with Crippen molar-refractivity contribution in [2.24, 2.45) is 0 Å². The topological polar surface area (TPSA) is 31.4 Å². The predicted octanol–water partition coefficient (Wildman–Crippen LogP) is 5.15. The SMILES string of the molecule is COCCOc1ccc(-c2nc(Cl)sc2C2CCCC2)cc1. The lowest BCUT2D eigenvalue weighted by Gasteiger charge is -2.10. The van der Waals surface area contributed by atoms with E-state index >= 15 is 0 Å². The van der Waals surface area contributed by atoms with Gasteiger partial charge in [0, 0.05) is 17.6 Å². The lowest BCUT2D eigenvalue weighted by Crippen LogP contribution is -2.03. The Kier molecular flexibility index (Phi) is 5.34. The molecule has 1 aromatic heterocycles. The summed E-state index contributed by atoms with van der Waals surface area (Å²) >= 11 is 7.81. The third kappa shape index (κ3) is 3.62. The quantitative estimate of drug-likeness (QED) is 0.683. The number of hydrogen-bond donors (Lipinski definition) is 0. The van der Waals surface area contributed by atoms with Gasteiger partial charge in [-0.2, -0.15) is 0 Å². The summed E-state index contributed by atoms with van der Waals surface area (Å²) in [6.07, 6.45) is 5.13. The van der Waals surface area contributed by atoms with Gasteiger partial charge in [-0.1, -0.05) is 24.4 Å². The summed E-state index contributed by atoms with van der Waals surface area (Å²) in [6, 6.07) is 8.09. The van der Waals surface area contributed by atoms with Crippen molar-refractivity contribution < 1.29 is 9.47 Å². The standard InChI is InChI=1S/C17H20ClNO2S/c1-20-10-11-21-14-8-6-12(7-9-14)15-16(22-17(18)19-15)13-4-2-3-5-13/h6-9,13H,2-5,10-11H2,1H3. The zero-order chi connectivity index (χ0) is 15.4. The van der Waals surface area contributed by atoms with Gasteiger partial charge in [0.2, 0.25) is 0 Å². The van der Waals surface area contributed by atoms with Crippen LogP contribution in [0.25, 0.3) is 11.3 Å². The molecular formula is C17H20ClNO2S. The van der Waals surface area contributed by atoms with E-state index in [1.807, 2.05) is 12.1 Å². The van der Waals surface area contributed by atoms with E-state index in [0.29, 0.717) is 23.6 Å². The van der Waals surface area contributed by atoms with Crippen molar-refractivity contribution in [3.05, 3.63) is 33.6 Å². The molecule has 1 aliphatic carbocycles. The van der Waals surface area contributed by atoms with Crippen LogP contribution < -0.4 is 4.74 Å². The summed E-state index contributed by atoms with van der Waals surface area (Å²) in [5.74, 6) is 1.47. The molecule has 1 fully saturated rings. The summed E-state index contributed by atoms with van der Waals surface area (Å²) in [5, 5.41) is 0. The van der Waals surface area contributed by atoms with Crippen molar-refractivity contribution in [3.63, 3.8) is 0 Å². The highest BCUT2D eigenvalue weighted by atomic mass is 35.5. The second kappa shape index (κ2) is 7.44. The van der Waals surface area contributed by atoms with Crippen LogP contribution in [0.1, 0.15) is 36.5 Å². The van der Waals surface area contributed by atoms with Gasteiger partial charge in [-0.25, -0.2) is 4.98 Å². The second-order valence-corrected chi connectivity index (χ2v) is 7.14. The average molecular weight is 338 g/mol. The van der Waals surface area contributed by atoms with E-state index in [2.05, 4.69) is 17.1 Å². The number of thiazole rings is 1. The van der Waals surface area contributed by atoms with Gasteiger partial charge < -0.3 is 9.47 Å². The van der Waals surface area contributed by atoms with Crippen molar-refractivity contribution in [2.75, 3.05) is 20.3 Å². The van der Waals surface area contributed by atoms with Crippen molar-refractivity contribution in [3.8, 4) is 17.0 Å². The Morgan fingerprint density at radius 3 is 2.59 bits per heavy atom. The molecule has 0 bridgehead atoms. The minimum atomic E-state index is 0.561. The summed E-state index contributed by atoms with van der Waals surface area (Å²) in [5.41, 5.74) is 2.16. The molecule has 3 nitrogen and oxygen atoms in total. The molecule has 0 spiro atoms. The number of halogens is 1. The van der Waals surface area contributed by atoms with Gasteiger partial charge in [0.05, 0.1) is 12.3 Å². The van der Waals surface area contributed by atoms with Crippen molar-refractivity contribution in [1.29, 1.82) is 0 Å². The van der Waals surface area contributed by atoms with Gasteiger partial charge in [0.15, 0.2) is 4.47 Å². The first-order valence-corrected chi connectivity index (χ1v) is 8.86. The molecule has 1 heterocycles. The van der Waals surface area contributed by atoms with E-state index in [-0.39, 0.29) is 0 Å². The largest absolute Gasteiger partial charge is 0.491 e. The van der Waals surface area contributed by atoms with E-state index in [9.17, 15) is 0 Å². The normalized spacial score (nSPS) is 15.4. The second-order valence-electron chi connectivity index (χ2n) is 5.53. The Bertz CT molecular complexity index is 606. The molecule has 1 aromatic carbocycles. The monoisotopic (exact) mass is 337 g/mol. The van der Waals surface area contributed by atoms with Gasteiger partial charge >= 0.3 is 0 Å². The molecule has 0 radical (unpaired) electrons. The van der Waals surface area contributed by atoms with Gasteiger partial charge in [-0.05, 0) is 43.0 Å². The van der Waals surface area contributed by atoms with Crippen molar-refractivity contribution >= 4 is 22.9 Å². The lowest BCUT2D eigenvalue weighted by atomic mass is 10.0. The van der Waals surface area contributed by atoms with Crippen LogP contribution in [-0.4, -0.2) is 25.3 Å². The Balaban J connectivity index is 1.78. The summed E-state index contributed by atoms with van der Waals surface area (Å²) < 4.78 is 11.2. The zero-order valence-corrected chi connectivity index (χ0v) is 14.3. The van der Waals surface area contributed by atoms with E-state index in [0.717, 1.165) is 17.0 Å². The van der Waals surface area contributed by atoms with Crippen LogP contribution in [0.2, 0.25) is 4.47 Å². The van der Waals surface area contributed by atoms with Gasteiger partial charge in [-0.3, -0.25) is 0 Å². The van der Waals surface area contributed by atoms with Gasteiger partial charge in [0.25, 0.3) is 0 Å². The van der Waals surface area contributed by atoms with E-state index < -0.39 is 0 Å². The summed E-state index contributed by atoms with van der Waals surface area (Å²) in [7, 11) is 1.67. The molecule has 0 aliphatic heterocycles. The third-order valence-corrected chi connectivity index (χ3v) is 5.36.